The predicted molar refractivity (Wildman–Crippen MR) is 89.8 cm³/mol. The Morgan fingerprint density at radius 2 is 2.05 bits per heavy atom. The Morgan fingerprint density at radius 1 is 1.27 bits per heavy atom. The van der Waals surface area contributed by atoms with Gasteiger partial charge >= 0.3 is 5.97 Å². The zero-order valence-electron chi connectivity index (χ0n) is 11.5. The van der Waals surface area contributed by atoms with Crippen molar-refractivity contribution < 1.29 is 9.53 Å². The lowest BCUT2D eigenvalue weighted by molar-refractivity contribution is 0.0593. The van der Waals surface area contributed by atoms with Crippen LogP contribution in [0.25, 0.3) is 0 Å². The molecule has 2 heterocycles. The first-order valence-electron chi connectivity index (χ1n) is 6.13. The third-order valence-electron chi connectivity index (χ3n) is 2.80. The van der Waals surface area contributed by atoms with Gasteiger partial charge in [0.1, 0.15) is 5.15 Å². The highest BCUT2D eigenvalue weighted by Crippen LogP contribution is 2.33. The molecule has 22 heavy (non-hydrogen) atoms. The molecule has 0 fully saturated rings. The predicted octanol–water partition coefficient (Wildman–Crippen LogP) is 4.66. The smallest absolute Gasteiger partial charge is 0.356 e. The molecule has 4 nitrogen and oxygen atoms in total. The van der Waals surface area contributed by atoms with Crippen LogP contribution in [0.5, 0.6) is 0 Å². The van der Waals surface area contributed by atoms with Gasteiger partial charge in [0.05, 0.1) is 17.2 Å². The average molecular weight is 378 g/mol. The number of pyridine rings is 2. The average Bonchev–Trinajstić information content (AvgIpc) is 2.54. The molecular weight excluding hydrogens is 367 g/mol. The maximum absolute atomic E-state index is 11.7. The zero-order chi connectivity index (χ0) is 16.1. The van der Waals surface area contributed by atoms with Crippen LogP contribution in [0.15, 0.2) is 24.5 Å². The first kappa shape index (κ1) is 17.3. The summed E-state index contributed by atoms with van der Waals surface area (Å²) >= 11 is 19.6. The molecule has 0 N–H and O–H groups in total. The Kier molecular flexibility index (Phi) is 6.32. The molecule has 0 bridgehead atoms. The van der Waals surface area contributed by atoms with Crippen molar-refractivity contribution in [1.82, 2.24) is 9.97 Å². The Morgan fingerprint density at radius 3 is 2.77 bits per heavy atom. The molecule has 0 aliphatic carbocycles. The molecule has 0 unspecified atom stereocenters. The minimum absolute atomic E-state index is 0.221. The molecule has 2 rings (SSSR count). The van der Waals surface area contributed by atoms with Gasteiger partial charge in [-0.15, -0.1) is 0 Å². The fourth-order valence-corrected chi connectivity index (χ4v) is 3.56. The number of rotatable bonds is 5. The van der Waals surface area contributed by atoms with Crippen LogP contribution >= 0.6 is 46.6 Å². The number of ether oxygens (including phenoxy) is 1. The maximum Gasteiger partial charge on any atom is 0.356 e. The summed E-state index contributed by atoms with van der Waals surface area (Å²) in [4.78, 5) is 19.6. The molecule has 0 spiro atoms. The lowest BCUT2D eigenvalue weighted by atomic mass is 10.2. The topological polar surface area (TPSA) is 52.1 Å². The van der Waals surface area contributed by atoms with Crippen molar-refractivity contribution in [2.45, 2.75) is 11.5 Å². The highest BCUT2D eigenvalue weighted by Gasteiger charge is 2.14. The number of thioether (sulfide) groups is 1. The van der Waals surface area contributed by atoms with Crippen LogP contribution in [0.4, 0.5) is 0 Å². The van der Waals surface area contributed by atoms with Gasteiger partial charge in [-0.05, 0) is 11.6 Å². The number of hydrogen-bond donors (Lipinski definition) is 0. The Balaban J connectivity index is 2.10. The maximum atomic E-state index is 11.7. The zero-order valence-corrected chi connectivity index (χ0v) is 14.6. The Bertz CT molecular complexity index is 698. The van der Waals surface area contributed by atoms with E-state index in [-0.39, 0.29) is 5.15 Å². The first-order chi connectivity index (χ1) is 10.5. The van der Waals surface area contributed by atoms with Crippen molar-refractivity contribution >= 4 is 52.5 Å². The Hall–Kier alpha value is -1.01. The minimum Gasteiger partial charge on any atom is -0.464 e. The van der Waals surface area contributed by atoms with Crippen LogP contribution in [0.2, 0.25) is 15.2 Å². The Labute approximate surface area is 147 Å². The van der Waals surface area contributed by atoms with Crippen LogP contribution in [0.1, 0.15) is 21.6 Å². The molecule has 0 aliphatic heterocycles. The highest BCUT2D eigenvalue weighted by atomic mass is 35.5. The molecule has 2 aromatic rings. The van der Waals surface area contributed by atoms with E-state index < -0.39 is 5.97 Å². The van der Waals surface area contributed by atoms with Crippen molar-refractivity contribution in [3.8, 4) is 0 Å². The summed E-state index contributed by atoms with van der Waals surface area (Å²) in [5.41, 5.74) is 1.81. The number of esters is 1. The fraction of sp³-hybridized carbons (Fsp3) is 0.214. The van der Waals surface area contributed by atoms with E-state index in [1.165, 1.54) is 25.1 Å². The van der Waals surface area contributed by atoms with E-state index in [1.807, 2.05) is 6.07 Å². The molecular formula is C14H11Cl3N2O2S. The monoisotopic (exact) mass is 376 g/mol. The number of carbonyl (C=O) groups is 1. The molecule has 0 radical (unpaired) electrons. The second kappa shape index (κ2) is 8.02. The summed E-state index contributed by atoms with van der Waals surface area (Å²) in [6.07, 6.45) is 3.02. The number of carbonyl (C=O) groups excluding carboxylic acids is 1. The van der Waals surface area contributed by atoms with Crippen LogP contribution in [-0.2, 0) is 16.2 Å². The van der Waals surface area contributed by atoms with Gasteiger partial charge in [-0.1, -0.05) is 40.9 Å². The van der Waals surface area contributed by atoms with Crippen molar-refractivity contribution in [2.75, 3.05) is 7.11 Å². The second-order valence-corrected chi connectivity index (χ2v) is 6.31. The van der Waals surface area contributed by atoms with Crippen molar-refractivity contribution in [2.24, 2.45) is 0 Å². The summed E-state index contributed by atoms with van der Waals surface area (Å²) in [5.74, 6) is 0.638. The van der Waals surface area contributed by atoms with Crippen molar-refractivity contribution in [1.29, 1.82) is 0 Å². The summed E-state index contributed by atoms with van der Waals surface area (Å²) in [6.45, 7) is 0. The van der Waals surface area contributed by atoms with Crippen LogP contribution in [0.3, 0.4) is 0 Å². The van der Waals surface area contributed by atoms with Gasteiger partial charge in [0.2, 0.25) is 0 Å². The molecule has 0 aliphatic rings. The van der Waals surface area contributed by atoms with Crippen LogP contribution in [0, 0.1) is 0 Å². The summed E-state index contributed by atoms with van der Waals surface area (Å²) in [6, 6.07) is 3.60. The number of nitrogens with zero attached hydrogens (tertiary/aromatic N) is 2. The largest absolute Gasteiger partial charge is 0.464 e. The fourth-order valence-electron chi connectivity index (χ4n) is 1.71. The number of aromatic nitrogens is 2. The first-order valence-corrected chi connectivity index (χ1v) is 8.41. The van der Waals surface area contributed by atoms with Crippen molar-refractivity contribution in [3.05, 3.63) is 56.5 Å². The number of halogens is 3. The van der Waals surface area contributed by atoms with Gasteiger partial charge in [0.15, 0.2) is 5.69 Å². The molecule has 0 saturated heterocycles. The van der Waals surface area contributed by atoms with E-state index in [0.29, 0.717) is 27.2 Å². The summed E-state index contributed by atoms with van der Waals surface area (Å²) in [7, 11) is 1.33. The quantitative estimate of drug-likeness (QED) is 0.560. The van der Waals surface area contributed by atoms with Gasteiger partial charge < -0.3 is 4.74 Å². The van der Waals surface area contributed by atoms with Crippen LogP contribution < -0.4 is 0 Å². The lowest BCUT2D eigenvalue weighted by Crippen LogP contribution is -2.07. The van der Waals surface area contributed by atoms with Gasteiger partial charge in [-0.25, -0.2) is 14.8 Å². The molecule has 0 saturated carbocycles. The van der Waals surface area contributed by atoms with E-state index in [2.05, 4.69) is 9.97 Å². The molecule has 116 valence electrons. The molecule has 0 amide bonds. The summed E-state index contributed by atoms with van der Waals surface area (Å²) < 4.78 is 4.72. The summed E-state index contributed by atoms with van der Waals surface area (Å²) in [5, 5.41) is 1.03. The van der Waals surface area contributed by atoms with E-state index in [4.69, 9.17) is 39.5 Å². The third kappa shape index (κ3) is 4.04. The number of hydrogen-bond acceptors (Lipinski definition) is 5. The molecule has 2 aromatic heterocycles. The highest BCUT2D eigenvalue weighted by molar-refractivity contribution is 7.97. The van der Waals surface area contributed by atoms with Crippen molar-refractivity contribution in [3.63, 3.8) is 0 Å². The van der Waals surface area contributed by atoms with E-state index in [1.54, 1.807) is 12.3 Å². The van der Waals surface area contributed by atoms with E-state index in [9.17, 15) is 4.79 Å². The van der Waals surface area contributed by atoms with Gasteiger partial charge in [0, 0.05) is 29.5 Å². The normalized spacial score (nSPS) is 10.5. The number of methoxy groups -OCH3 is 1. The van der Waals surface area contributed by atoms with Gasteiger partial charge in [-0.2, -0.15) is 11.8 Å². The molecule has 8 heteroatoms. The van der Waals surface area contributed by atoms with Gasteiger partial charge in [-0.3, -0.25) is 0 Å². The van der Waals surface area contributed by atoms with E-state index in [0.717, 1.165) is 11.1 Å². The molecule has 0 aromatic carbocycles. The lowest BCUT2D eigenvalue weighted by Gasteiger charge is -2.09. The van der Waals surface area contributed by atoms with E-state index >= 15 is 0 Å². The van der Waals surface area contributed by atoms with Crippen LogP contribution in [-0.4, -0.2) is 23.0 Å². The second-order valence-electron chi connectivity index (χ2n) is 4.18. The minimum atomic E-state index is -0.459. The standard InChI is InChI=1S/C14H11Cl3N2O2S/c1-21-14(20)12-8(3-2-4-18-12)6-22-7-9-10(15)5-19-13(17)11(9)16/h2-5H,6-7H2,1H3. The van der Waals surface area contributed by atoms with Gasteiger partial charge in [0.25, 0.3) is 0 Å². The SMILES string of the molecule is COC(=O)c1ncccc1CSCc1c(Cl)cnc(Cl)c1Cl. The molecule has 0 atom stereocenters. The third-order valence-corrected chi connectivity index (χ3v) is 4.92.